The van der Waals surface area contributed by atoms with Gasteiger partial charge in [0.05, 0.1) is 6.46 Å². The fraction of sp³-hybridized carbons (Fsp3) is 1.00. The van der Waals surface area contributed by atoms with Crippen molar-refractivity contribution in [3.8, 4) is 0 Å². The molecule has 0 aromatic carbocycles. The van der Waals surface area contributed by atoms with Crippen LogP contribution in [0.5, 0.6) is 0 Å². The minimum absolute atomic E-state index is 0.770. The van der Waals surface area contributed by atoms with Crippen LogP contribution in [0.3, 0.4) is 0 Å². The van der Waals surface area contributed by atoms with E-state index in [2.05, 4.69) is 32.7 Å². The van der Waals surface area contributed by atoms with E-state index in [9.17, 15) is 0 Å². The van der Waals surface area contributed by atoms with Gasteiger partial charge >= 0.3 is 0 Å². The van der Waals surface area contributed by atoms with E-state index >= 15 is 0 Å². The molecule has 0 atom stereocenters. The highest BCUT2D eigenvalue weighted by molar-refractivity contribution is 7.42. The smallest absolute Gasteiger partial charge is 0.0802 e. The molecule has 39 valence electrons. The summed E-state index contributed by atoms with van der Waals surface area (Å²) >= 11 is 0. The Morgan fingerprint density at radius 1 is 1.29 bits per heavy atom. The lowest BCUT2D eigenvalue weighted by molar-refractivity contribution is 1.86. The monoisotopic (exact) mass is 127 g/mol. The van der Waals surface area contributed by atoms with Gasteiger partial charge in [0, 0.05) is 7.94 Å². The molecule has 0 aliphatic heterocycles. The Hall–Kier alpha value is 0.499. The summed E-state index contributed by atoms with van der Waals surface area (Å²) in [5, 5.41) is 0. The van der Waals surface area contributed by atoms with Crippen molar-refractivity contribution in [1.82, 2.24) is 0 Å². The van der Waals surface area contributed by atoms with Gasteiger partial charge in [0.2, 0.25) is 0 Å². The molecule has 0 aromatic rings. The van der Waals surface area contributed by atoms with E-state index in [0.717, 1.165) is 9.39 Å². The zero-order valence-electron chi connectivity index (χ0n) is 5.58. The minimum Gasteiger partial charge on any atom is -0.0802 e. The summed E-state index contributed by atoms with van der Waals surface area (Å²) in [6.07, 6.45) is 0. The highest BCUT2D eigenvalue weighted by atomic mass is 28.3. The van der Waals surface area contributed by atoms with Gasteiger partial charge in [0.25, 0.3) is 0 Å². The first kappa shape index (κ1) is 7.50. The summed E-state index contributed by atoms with van der Waals surface area (Å²) in [6, 6.07) is 0. The van der Waals surface area contributed by atoms with E-state index in [4.69, 9.17) is 0 Å². The first-order chi connectivity index (χ1) is 3.06. The number of hydrogen-bond acceptors (Lipinski definition) is 0. The van der Waals surface area contributed by atoms with E-state index in [-0.39, 0.29) is 0 Å². The molecule has 3 radical (unpaired) electrons. The zero-order chi connectivity index (χ0) is 5.91. The molecule has 0 unspecified atom stereocenters. The predicted octanol–water partition coefficient (Wildman–Crippen LogP) is 1.19. The molecule has 0 fully saturated rings. The first-order valence-corrected chi connectivity index (χ1v) is 7.73. The van der Waals surface area contributed by atoms with Crippen molar-refractivity contribution in [3.63, 3.8) is 0 Å². The Kier molecular flexibility index (Phi) is 2.91. The third-order valence-electron chi connectivity index (χ3n) is 0.577. The largest absolute Gasteiger partial charge is 0.0900 e. The van der Waals surface area contributed by atoms with Crippen LogP contribution < -0.4 is 0 Å². The fourth-order valence-corrected chi connectivity index (χ4v) is 3.90. The lowest BCUT2D eigenvalue weighted by Crippen LogP contribution is -2.33. The Bertz CT molecular complexity index is 48.1. The van der Waals surface area contributed by atoms with Gasteiger partial charge in [-0.05, 0) is 9.39 Å². The molecule has 0 saturated carbocycles. The Labute approximate surface area is 50.7 Å². The quantitative estimate of drug-likeness (QED) is 0.489. The van der Waals surface area contributed by atoms with Gasteiger partial charge in [0.1, 0.15) is 0 Å². The van der Waals surface area contributed by atoms with Crippen LogP contribution in [0.25, 0.3) is 0 Å². The molecule has 0 rings (SSSR count). The maximum Gasteiger partial charge on any atom is 0.0900 e. The molecule has 0 spiro atoms. The summed E-state index contributed by atoms with van der Waals surface area (Å²) < 4.78 is 0. The Morgan fingerprint density at radius 3 is 1.71 bits per heavy atom. The van der Waals surface area contributed by atoms with Crippen molar-refractivity contribution in [3.05, 3.63) is 0 Å². The third kappa shape index (κ3) is 6.50. The van der Waals surface area contributed by atoms with E-state index in [1.807, 2.05) is 0 Å². The fourth-order valence-electron chi connectivity index (χ4n) is 0.433. The third-order valence-corrected chi connectivity index (χ3v) is 5.20. The molecule has 3 heteroatoms. The van der Waals surface area contributed by atoms with Crippen LogP contribution in [0, 0.1) is 0 Å². The lowest BCUT2D eigenvalue weighted by Gasteiger charge is -2.11. The Balaban J connectivity index is 3.15. The molecule has 0 aromatic heterocycles. The second-order valence-corrected chi connectivity index (χ2v) is 9.26. The van der Waals surface area contributed by atoms with Gasteiger partial charge in [-0.2, -0.15) is 0 Å². The van der Waals surface area contributed by atoms with E-state index in [0.29, 0.717) is 0 Å². The molecular formula is C4H12BSi2. The van der Waals surface area contributed by atoms with Crippen LogP contribution in [0.1, 0.15) is 0 Å². The predicted molar refractivity (Wildman–Crippen MR) is 40.7 cm³/mol. The van der Waals surface area contributed by atoms with Crippen LogP contribution in [-0.4, -0.2) is 23.8 Å². The maximum atomic E-state index is 2.48. The lowest BCUT2D eigenvalue weighted by atomic mass is 10.7. The molecule has 0 nitrogen and oxygen atoms in total. The molecule has 0 N–H and O–H groups in total. The van der Waals surface area contributed by atoms with Gasteiger partial charge < -0.3 is 0 Å². The van der Waals surface area contributed by atoms with Crippen LogP contribution in [0.15, 0.2) is 0 Å². The van der Waals surface area contributed by atoms with E-state index in [1.54, 1.807) is 0 Å². The van der Waals surface area contributed by atoms with E-state index < -0.39 is 7.94 Å². The molecule has 0 heterocycles. The summed E-state index contributed by atoms with van der Waals surface area (Å²) in [5.74, 6) is 0. The van der Waals surface area contributed by atoms with E-state index in [1.165, 1.54) is 0 Å². The Morgan fingerprint density at radius 2 is 1.71 bits per heavy atom. The SMILES string of the molecule is C[Si][B][Si](C)(C)C. The van der Waals surface area contributed by atoms with Crippen LogP contribution in [0.2, 0.25) is 26.2 Å². The second kappa shape index (κ2) is 2.72. The molecule has 0 amide bonds. The van der Waals surface area contributed by atoms with Crippen LogP contribution in [-0.2, 0) is 0 Å². The molecular weight excluding hydrogens is 115 g/mol. The van der Waals surface area contributed by atoms with Crippen molar-refractivity contribution in [2.24, 2.45) is 0 Å². The summed E-state index contributed by atoms with van der Waals surface area (Å²) in [6.45, 7) is 11.8. The molecule has 0 bridgehead atoms. The van der Waals surface area contributed by atoms with Gasteiger partial charge in [-0.1, -0.05) is 26.2 Å². The van der Waals surface area contributed by atoms with Crippen molar-refractivity contribution < 1.29 is 0 Å². The minimum atomic E-state index is -0.770. The number of rotatable bonds is 2. The van der Waals surface area contributed by atoms with Gasteiger partial charge in [0.15, 0.2) is 0 Å². The standard InChI is InChI=1S/C4H12BSi2/c1-6-5-7(2,3)4/h1-4H3. The zero-order valence-corrected chi connectivity index (χ0v) is 7.58. The average Bonchev–Trinajstić information content (AvgIpc) is 1.30. The summed E-state index contributed by atoms with van der Waals surface area (Å²) in [5.41, 5.74) is 0. The van der Waals surface area contributed by atoms with Gasteiger partial charge in [-0.25, -0.2) is 0 Å². The highest BCUT2D eigenvalue weighted by Gasteiger charge is 2.10. The number of hydrogen-bond donors (Lipinski definition) is 0. The molecule has 0 aliphatic rings. The van der Waals surface area contributed by atoms with Crippen molar-refractivity contribution in [2.45, 2.75) is 26.2 Å². The highest BCUT2D eigenvalue weighted by Crippen LogP contribution is 1.94. The van der Waals surface area contributed by atoms with Crippen molar-refractivity contribution in [2.75, 3.05) is 0 Å². The topological polar surface area (TPSA) is 0 Å². The van der Waals surface area contributed by atoms with Crippen molar-refractivity contribution in [1.29, 1.82) is 0 Å². The maximum absolute atomic E-state index is 2.48. The molecule has 0 saturated heterocycles. The molecule has 0 aliphatic carbocycles. The van der Waals surface area contributed by atoms with Crippen LogP contribution >= 0.6 is 0 Å². The van der Waals surface area contributed by atoms with Crippen molar-refractivity contribution >= 4 is 23.8 Å². The molecule has 7 heavy (non-hydrogen) atoms. The normalized spacial score (nSPS) is 11.4. The van der Waals surface area contributed by atoms with Gasteiger partial charge in [-0.15, -0.1) is 0 Å². The summed E-state index contributed by atoms with van der Waals surface area (Å²) in [4.78, 5) is 0. The average molecular weight is 127 g/mol. The first-order valence-electron chi connectivity index (χ1n) is 2.58. The second-order valence-electron chi connectivity index (χ2n) is 2.80. The van der Waals surface area contributed by atoms with Gasteiger partial charge in [-0.3, -0.25) is 0 Å². The summed E-state index contributed by atoms with van der Waals surface area (Å²) in [7, 11) is 0.276. The van der Waals surface area contributed by atoms with Crippen LogP contribution in [0.4, 0.5) is 0 Å².